The summed E-state index contributed by atoms with van der Waals surface area (Å²) in [5, 5.41) is 0. The summed E-state index contributed by atoms with van der Waals surface area (Å²) in [5.74, 6) is -0.159. The molecular weight excluding hydrogens is 330 g/mol. The van der Waals surface area contributed by atoms with Crippen LogP contribution in [0.3, 0.4) is 0 Å². The zero-order valence-corrected chi connectivity index (χ0v) is 13.2. The predicted octanol–water partition coefficient (Wildman–Crippen LogP) is 2.76. The molecule has 2 aromatic rings. The van der Waals surface area contributed by atoms with Crippen LogP contribution in [0.15, 0.2) is 51.9 Å². The second kappa shape index (κ2) is 6.65. The average molecular weight is 346 g/mol. The summed E-state index contributed by atoms with van der Waals surface area (Å²) in [5.41, 5.74) is 14.6. The summed E-state index contributed by atoms with van der Waals surface area (Å²) >= 11 is 3.41. The van der Waals surface area contributed by atoms with E-state index in [1.807, 2.05) is 31.2 Å². The van der Waals surface area contributed by atoms with Gasteiger partial charge in [0.25, 0.3) is 5.91 Å². The highest BCUT2D eigenvalue weighted by Gasteiger charge is 2.09. The molecular formula is C16H16BrN3O. The van der Waals surface area contributed by atoms with E-state index in [0.717, 1.165) is 15.6 Å². The number of aryl methyl sites for hydroxylation is 1. The summed E-state index contributed by atoms with van der Waals surface area (Å²) < 4.78 is 0.909. The molecule has 0 fully saturated rings. The van der Waals surface area contributed by atoms with Crippen molar-refractivity contribution in [1.29, 1.82) is 0 Å². The summed E-state index contributed by atoms with van der Waals surface area (Å²) in [4.78, 5) is 16.2. The van der Waals surface area contributed by atoms with Gasteiger partial charge in [0.1, 0.15) is 5.84 Å². The van der Waals surface area contributed by atoms with Crippen LogP contribution in [0, 0.1) is 6.92 Å². The second-order valence-corrected chi connectivity index (χ2v) is 5.48. The Morgan fingerprint density at radius 2 is 1.95 bits per heavy atom. The Hall–Kier alpha value is -1.98. The lowest BCUT2D eigenvalue weighted by Crippen LogP contribution is -2.17. The monoisotopic (exact) mass is 345 g/mol. The number of carbonyl (C=O) groups excluding carboxylic acids is 1. The number of hydrogen-bond donors (Lipinski definition) is 2. The number of hydrogen-bond acceptors (Lipinski definition) is 2. The Bertz CT molecular complexity index is 710. The molecule has 2 rings (SSSR count). The van der Waals surface area contributed by atoms with Gasteiger partial charge in [-0.15, -0.1) is 0 Å². The zero-order valence-electron chi connectivity index (χ0n) is 11.6. The van der Waals surface area contributed by atoms with Crippen LogP contribution in [-0.2, 0) is 6.54 Å². The van der Waals surface area contributed by atoms with Crippen LogP contribution in [0.4, 0.5) is 0 Å². The number of aliphatic imine (C=N–C) groups is 1. The minimum atomic E-state index is -0.345. The van der Waals surface area contributed by atoms with E-state index in [4.69, 9.17) is 11.5 Å². The van der Waals surface area contributed by atoms with Gasteiger partial charge >= 0.3 is 0 Å². The van der Waals surface area contributed by atoms with E-state index in [9.17, 15) is 4.79 Å². The molecule has 21 heavy (non-hydrogen) atoms. The van der Waals surface area contributed by atoms with Crippen molar-refractivity contribution in [2.45, 2.75) is 13.5 Å². The second-order valence-electron chi connectivity index (χ2n) is 4.63. The van der Waals surface area contributed by atoms with E-state index < -0.39 is 0 Å². The molecule has 4 N–H and O–H groups in total. The molecule has 0 aromatic heterocycles. The molecule has 5 heteroatoms. The van der Waals surface area contributed by atoms with Crippen LogP contribution in [0.25, 0.3) is 0 Å². The number of benzene rings is 2. The van der Waals surface area contributed by atoms with Gasteiger partial charge in [-0.05, 0) is 36.2 Å². The maximum absolute atomic E-state index is 12.2. The first-order valence-corrected chi connectivity index (χ1v) is 7.25. The normalized spacial score (nSPS) is 11.5. The van der Waals surface area contributed by atoms with Crippen LogP contribution in [-0.4, -0.2) is 11.7 Å². The maximum Gasteiger partial charge on any atom is 0.279 e. The molecule has 2 aromatic carbocycles. The number of nitrogens with two attached hydrogens (primary N) is 2. The summed E-state index contributed by atoms with van der Waals surface area (Å²) in [6.07, 6.45) is 0. The maximum atomic E-state index is 12.2. The number of nitrogens with zero attached hydrogens (tertiary/aromatic N) is 1. The number of halogens is 1. The van der Waals surface area contributed by atoms with Gasteiger partial charge in [0, 0.05) is 22.1 Å². The molecule has 0 atom stereocenters. The van der Waals surface area contributed by atoms with Crippen LogP contribution in [0.5, 0.6) is 0 Å². The molecule has 1 amide bonds. The van der Waals surface area contributed by atoms with E-state index in [2.05, 4.69) is 20.9 Å². The van der Waals surface area contributed by atoms with Crippen molar-refractivity contribution >= 4 is 27.7 Å². The molecule has 108 valence electrons. The molecule has 0 radical (unpaired) electrons. The quantitative estimate of drug-likeness (QED) is 0.662. The molecule has 0 saturated carbocycles. The first-order valence-electron chi connectivity index (χ1n) is 6.46. The van der Waals surface area contributed by atoms with Crippen LogP contribution in [0.2, 0.25) is 0 Å². The largest absolute Gasteiger partial charge is 0.383 e. The van der Waals surface area contributed by atoms with Gasteiger partial charge < -0.3 is 11.5 Å². The smallest absolute Gasteiger partial charge is 0.279 e. The van der Waals surface area contributed by atoms with Crippen molar-refractivity contribution in [3.8, 4) is 0 Å². The first-order chi connectivity index (χ1) is 10.0. The van der Waals surface area contributed by atoms with Gasteiger partial charge in [-0.2, -0.15) is 4.99 Å². The molecule has 0 saturated heterocycles. The van der Waals surface area contributed by atoms with Crippen molar-refractivity contribution in [2.75, 3.05) is 0 Å². The van der Waals surface area contributed by atoms with Crippen molar-refractivity contribution < 1.29 is 4.79 Å². The lowest BCUT2D eigenvalue weighted by molar-refractivity contribution is 0.100. The molecule has 0 unspecified atom stereocenters. The minimum Gasteiger partial charge on any atom is -0.383 e. The van der Waals surface area contributed by atoms with Gasteiger partial charge in [-0.3, -0.25) is 4.79 Å². The number of amidine groups is 1. The van der Waals surface area contributed by atoms with Crippen LogP contribution in [0.1, 0.15) is 27.0 Å². The molecule has 0 aliphatic carbocycles. The SMILES string of the molecule is Cc1ccccc1C(=O)N=C(N)c1ccc(Br)c(CN)c1. The molecule has 0 aliphatic heterocycles. The van der Waals surface area contributed by atoms with Gasteiger partial charge in [0.15, 0.2) is 0 Å². The fourth-order valence-electron chi connectivity index (χ4n) is 1.94. The van der Waals surface area contributed by atoms with Crippen LogP contribution < -0.4 is 11.5 Å². The summed E-state index contributed by atoms with van der Waals surface area (Å²) in [6, 6.07) is 12.8. The van der Waals surface area contributed by atoms with Gasteiger partial charge in [0.05, 0.1) is 0 Å². The first kappa shape index (κ1) is 15.4. The molecule has 4 nitrogen and oxygen atoms in total. The number of amides is 1. The Labute approximate surface area is 132 Å². The van der Waals surface area contributed by atoms with E-state index in [-0.39, 0.29) is 11.7 Å². The Kier molecular flexibility index (Phi) is 4.88. The fraction of sp³-hybridized carbons (Fsp3) is 0.125. The third-order valence-electron chi connectivity index (χ3n) is 3.16. The lowest BCUT2D eigenvalue weighted by Gasteiger charge is -2.06. The van der Waals surface area contributed by atoms with Gasteiger partial charge in [-0.25, -0.2) is 0 Å². The molecule has 0 aliphatic rings. The predicted molar refractivity (Wildman–Crippen MR) is 88.3 cm³/mol. The van der Waals surface area contributed by atoms with Crippen molar-refractivity contribution in [2.24, 2.45) is 16.5 Å². The zero-order chi connectivity index (χ0) is 15.4. The van der Waals surface area contributed by atoms with Gasteiger partial charge in [0.2, 0.25) is 0 Å². The Balaban J connectivity index is 2.33. The number of carbonyl (C=O) groups is 1. The van der Waals surface area contributed by atoms with Crippen molar-refractivity contribution in [1.82, 2.24) is 0 Å². The minimum absolute atomic E-state index is 0.186. The average Bonchev–Trinajstić information content (AvgIpc) is 2.48. The van der Waals surface area contributed by atoms with Crippen LogP contribution >= 0.6 is 15.9 Å². The van der Waals surface area contributed by atoms with E-state index in [1.165, 1.54) is 0 Å². The highest BCUT2D eigenvalue weighted by Crippen LogP contribution is 2.18. The third-order valence-corrected chi connectivity index (χ3v) is 3.93. The molecule has 0 bridgehead atoms. The fourth-order valence-corrected chi connectivity index (χ4v) is 2.35. The Morgan fingerprint density at radius 3 is 2.62 bits per heavy atom. The molecule has 0 spiro atoms. The van der Waals surface area contributed by atoms with E-state index in [1.54, 1.807) is 18.2 Å². The van der Waals surface area contributed by atoms with E-state index in [0.29, 0.717) is 17.7 Å². The standard InChI is InChI=1S/C16H16BrN3O/c1-10-4-2-3-5-13(10)16(21)20-15(19)11-6-7-14(17)12(8-11)9-18/h2-8H,9,18H2,1H3,(H2,19,20,21). The lowest BCUT2D eigenvalue weighted by atomic mass is 10.1. The highest BCUT2D eigenvalue weighted by atomic mass is 79.9. The molecule has 0 heterocycles. The Morgan fingerprint density at radius 1 is 1.24 bits per heavy atom. The van der Waals surface area contributed by atoms with E-state index >= 15 is 0 Å². The summed E-state index contributed by atoms with van der Waals surface area (Å²) in [6.45, 7) is 2.25. The highest BCUT2D eigenvalue weighted by molar-refractivity contribution is 9.10. The topological polar surface area (TPSA) is 81.5 Å². The van der Waals surface area contributed by atoms with Crippen molar-refractivity contribution in [3.05, 3.63) is 69.2 Å². The summed E-state index contributed by atoms with van der Waals surface area (Å²) in [7, 11) is 0. The van der Waals surface area contributed by atoms with Crippen molar-refractivity contribution in [3.63, 3.8) is 0 Å². The third kappa shape index (κ3) is 3.56. The number of rotatable bonds is 3. The van der Waals surface area contributed by atoms with Gasteiger partial charge in [-0.1, -0.05) is 40.2 Å².